The van der Waals surface area contributed by atoms with Gasteiger partial charge in [-0.05, 0) is 36.6 Å². The van der Waals surface area contributed by atoms with Crippen LogP contribution in [0.2, 0.25) is 0 Å². The molecule has 2 N–H and O–H groups in total. The van der Waals surface area contributed by atoms with Crippen LogP contribution in [0.25, 0.3) is 0 Å². The number of carbonyl (C=O) groups is 2. The largest absolute Gasteiger partial charge is 0.468 e. The first-order valence-corrected chi connectivity index (χ1v) is 7.51. The lowest BCUT2D eigenvalue weighted by Gasteiger charge is -2.19. The minimum Gasteiger partial charge on any atom is -0.468 e. The Hall–Kier alpha value is -1.40. The van der Waals surface area contributed by atoms with E-state index in [1.807, 2.05) is 39.0 Å². The zero-order chi connectivity index (χ0) is 16.0. The van der Waals surface area contributed by atoms with Crippen LogP contribution in [0.15, 0.2) is 22.7 Å². The Morgan fingerprint density at radius 2 is 2.00 bits per heavy atom. The van der Waals surface area contributed by atoms with Crippen LogP contribution >= 0.6 is 15.9 Å². The molecule has 1 aromatic rings. The second kappa shape index (κ2) is 8.14. The normalized spacial score (nSPS) is 12.1. The van der Waals surface area contributed by atoms with Gasteiger partial charge in [-0.25, -0.2) is 0 Å². The molecule has 0 heterocycles. The number of aryl methyl sites for hydroxylation is 1. The SMILES string of the molecule is COC(=O)C(NCC(=O)Nc1ccc(Br)c(C)c1)C(C)C. The third-order valence-electron chi connectivity index (χ3n) is 3.05. The maximum Gasteiger partial charge on any atom is 0.323 e. The number of anilines is 1. The molecule has 0 aliphatic rings. The molecular formula is C15H21BrN2O3. The molecule has 1 unspecified atom stereocenters. The fraction of sp³-hybridized carbons (Fsp3) is 0.467. The molecule has 0 aromatic heterocycles. The summed E-state index contributed by atoms with van der Waals surface area (Å²) in [5.41, 5.74) is 1.76. The lowest BCUT2D eigenvalue weighted by atomic mass is 10.0. The van der Waals surface area contributed by atoms with E-state index in [0.29, 0.717) is 0 Å². The van der Waals surface area contributed by atoms with Gasteiger partial charge < -0.3 is 10.1 Å². The first-order chi connectivity index (χ1) is 9.85. The van der Waals surface area contributed by atoms with Gasteiger partial charge in [0.1, 0.15) is 6.04 Å². The Labute approximate surface area is 133 Å². The number of esters is 1. The number of halogens is 1. The number of hydrogen-bond acceptors (Lipinski definition) is 4. The van der Waals surface area contributed by atoms with Gasteiger partial charge in [0, 0.05) is 10.2 Å². The van der Waals surface area contributed by atoms with Gasteiger partial charge in [0.2, 0.25) is 5.91 Å². The number of carbonyl (C=O) groups excluding carboxylic acids is 2. The van der Waals surface area contributed by atoms with Crippen LogP contribution < -0.4 is 10.6 Å². The predicted molar refractivity (Wildman–Crippen MR) is 86.2 cm³/mol. The number of nitrogens with one attached hydrogen (secondary N) is 2. The van der Waals surface area contributed by atoms with Gasteiger partial charge in [-0.3, -0.25) is 14.9 Å². The molecule has 0 aliphatic carbocycles. The van der Waals surface area contributed by atoms with Crippen LogP contribution in [-0.4, -0.2) is 31.6 Å². The van der Waals surface area contributed by atoms with Crippen molar-refractivity contribution in [1.29, 1.82) is 0 Å². The topological polar surface area (TPSA) is 67.4 Å². The van der Waals surface area contributed by atoms with Crippen molar-refractivity contribution in [1.82, 2.24) is 5.32 Å². The quantitative estimate of drug-likeness (QED) is 0.768. The van der Waals surface area contributed by atoms with Crippen molar-refractivity contribution < 1.29 is 14.3 Å². The first kappa shape index (κ1) is 17.7. The summed E-state index contributed by atoms with van der Waals surface area (Å²) in [6.07, 6.45) is 0. The van der Waals surface area contributed by atoms with Crippen molar-refractivity contribution in [2.75, 3.05) is 19.0 Å². The van der Waals surface area contributed by atoms with E-state index in [4.69, 9.17) is 4.74 Å². The lowest BCUT2D eigenvalue weighted by Crippen LogP contribution is -2.45. The van der Waals surface area contributed by atoms with Crippen LogP contribution in [0.3, 0.4) is 0 Å². The van der Waals surface area contributed by atoms with Crippen LogP contribution in [0, 0.1) is 12.8 Å². The fourth-order valence-electron chi connectivity index (χ4n) is 1.85. The van der Waals surface area contributed by atoms with Gasteiger partial charge >= 0.3 is 5.97 Å². The number of rotatable bonds is 6. The maximum absolute atomic E-state index is 11.9. The van der Waals surface area contributed by atoms with Gasteiger partial charge in [0.15, 0.2) is 0 Å². The zero-order valence-corrected chi connectivity index (χ0v) is 14.3. The van der Waals surface area contributed by atoms with E-state index in [1.54, 1.807) is 0 Å². The summed E-state index contributed by atoms with van der Waals surface area (Å²) in [5.74, 6) is -0.524. The average Bonchev–Trinajstić information content (AvgIpc) is 2.42. The molecule has 0 saturated carbocycles. The summed E-state index contributed by atoms with van der Waals surface area (Å²) in [6.45, 7) is 5.78. The molecule has 1 rings (SSSR count). The van der Waals surface area contributed by atoms with Gasteiger partial charge in [-0.2, -0.15) is 0 Å². The number of ether oxygens (including phenoxy) is 1. The van der Waals surface area contributed by atoms with Crippen molar-refractivity contribution in [3.63, 3.8) is 0 Å². The van der Waals surface area contributed by atoms with Gasteiger partial charge in [-0.1, -0.05) is 29.8 Å². The van der Waals surface area contributed by atoms with Crippen molar-refractivity contribution in [2.45, 2.75) is 26.8 Å². The van der Waals surface area contributed by atoms with E-state index < -0.39 is 6.04 Å². The maximum atomic E-state index is 11.9. The standard InChI is InChI=1S/C15H21BrN2O3/c1-9(2)14(15(20)21-4)17-8-13(19)18-11-5-6-12(16)10(3)7-11/h5-7,9,14,17H,8H2,1-4H3,(H,18,19). The second-order valence-corrected chi connectivity index (χ2v) is 5.99. The Morgan fingerprint density at radius 3 is 2.52 bits per heavy atom. The van der Waals surface area contributed by atoms with Crippen molar-refractivity contribution in [3.8, 4) is 0 Å². The average molecular weight is 357 g/mol. The van der Waals surface area contributed by atoms with Gasteiger partial charge in [0.05, 0.1) is 13.7 Å². The van der Waals surface area contributed by atoms with Crippen LogP contribution in [-0.2, 0) is 14.3 Å². The summed E-state index contributed by atoms with van der Waals surface area (Å²) in [4.78, 5) is 23.5. The van der Waals surface area contributed by atoms with Crippen LogP contribution in [0.4, 0.5) is 5.69 Å². The highest BCUT2D eigenvalue weighted by atomic mass is 79.9. The van der Waals surface area contributed by atoms with Crippen molar-refractivity contribution in [2.24, 2.45) is 5.92 Å². The lowest BCUT2D eigenvalue weighted by molar-refractivity contribution is -0.144. The van der Waals surface area contributed by atoms with Crippen LogP contribution in [0.5, 0.6) is 0 Å². The molecule has 0 saturated heterocycles. The van der Waals surface area contributed by atoms with Gasteiger partial charge in [0.25, 0.3) is 0 Å². The zero-order valence-electron chi connectivity index (χ0n) is 12.7. The number of methoxy groups -OCH3 is 1. The third kappa shape index (κ3) is 5.47. The molecule has 5 nitrogen and oxygen atoms in total. The molecule has 6 heteroatoms. The number of amides is 1. The minimum absolute atomic E-state index is 0.0418. The molecule has 1 atom stereocenters. The van der Waals surface area contributed by atoms with Crippen molar-refractivity contribution >= 4 is 33.5 Å². The van der Waals surface area contributed by atoms with E-state index in [1.165, 1.54) is 7.11 Å². The molecule has 1 aromatic carbocycles. The molecule has 0 spiro atoms. The number of hydrogen-bond donors (Lipinski definition) is 2. The van der Waals surface area contributed by atoms with Crippen molar-refractivity contribution in [3.05, 3.63) is 28.2 Å². The van der Waals surface area contributed by atoms with Crippen LogP contribution in [0.1, 0.15) is 19.4 Å². The highest BCUT2D eigenvalue weighted by Gasteiger charge is 2.23. The molecule has 0 radical (unpaired) electrons. The summed E-state index contributed by atoms with van der Waals surface area (Å²) in [5, 5.41) is 5.71. The van der Waals surface area contributed by atoms with E-state index >= 15 is 0 Å². The highest BCUT2D eigenvalue weighted by molar-refractivity contribution is 9.10. The van der Waals surface area contributed by atoms with E-state index in [0.717, 1.165) is 15.7 Å². The molecule has 21 heavy (non-hydrogen) atoms. The monoisotopic (exact) mass is 356 g/mol. The Bertz CT molecular complexity index is 518. The minimum atomic E-state index is -0.493. The summed E-state index contributed by atoms with van der Waals surface area (Å²) < 4.78 is 5.70. The van der Waals surface area contributed by atoms with Gasteiger partial charge in [-0.15, -0.1) is 0 Å². The second-order valence-electron chi connectivity index (χ2n) is 5.14. The number of benzene rings is 1. The van der Waals surface area contributed by atoms with E-state index in [2.05, 4.69) is 26.6 Å². The van der Waals surface area contributed by atoms with E-state index in [9.17, 15) is 9.59 Å². The Morgan fingerprint density at radius 1 is 1.33 bits per heavy atom. The molecular weight excluding hydrogens is 336 g/mol. The first-order valence-electron chi connectivity index (χ1n) is 6.72. The highest BCUT2D eigenvalue weighted by Crippen LogP contribution is 2.19. The molecule has 0 bridgehead atoms. The molecule has 1 amide bonds. The third-order valence-corrected chi connectivity index (χ3v) is 3.94. The molecule has 116 valence electrons. The summed E-state index contributed by atoms with van der Waals surface area (Å²) in [7, 11) is 1.34. The summed E-state index contributed by atoms with van der Waals surface area (Å²) >= 11 is 3.41. The molecule has 0 fully saturated rings. The Balaban J connectivity index is 2.56. The fourth-order valence-corrected chi connectivity index (χ4v) is 2.10. The Kier molecular flexibility index (Phi) is 6.84. The van der Waals surface area contributed by atoms with E-state index in [-0.39, 0.29) is 24.3 Å². The summed E-state index contributed by atoms with van der Waals surface area (Å²) in [6, 6.07) is 5.08. The molecule has 0 aliphatic heterocycles. The smallest absolute Gasteiger partial charge is 0.323 e. The predicted octanol–water partition coefficient (Wildman–Crippen LogP) is 2.48.